The number of nitrogens with zero attached hydrogens (tertiary/aromatic N) is 6. The van der Waals surface area contributed by atoms with Crippen LogP contribution in [0.5, 0.6) is 11.5 Å². The van der Waals surface area contributed by atoms with Gasteiger partial charge in [0.1, 0.15) is 0 Å². The fraction of sp³-hybridized carbons (Fsp3) is 0. The monoisotopic (exact) mass is 939 g/mol. The Kier molecular flexibility index (Phi) is 8.60. The third kappa shape index (κ3) is 6.06. The summed E-state index contributed by atoms with van der Waals surface area (Å²) in [6.07, 6.45) is 5.50. The number of pyridine rings is 1. The van der Waals surface area contributed by atoms with Crippen molar-refractivity contribution in [2.24, 2.45) is 0 Å². The summed E-state index contributed by atoms with van der Waals surface area (Å²) in [5, 5.41) is 6.54. The Morgan fingerprint density at radius 2 is 1.17 bits per heavy atom. The van der Waals surface area contributed by atoms with E-state index >= 15 is 0 Å². The molecule has 0 fully saturated rings. The SMILES string of the molecule is [Pt]=[c]1n(-c2[c-]c(Oc3[c-]c4c(cc3)c3ccccc3n4-c3ccc(-n4cccn4)cn3)ccc2)c2ccccc2n1-c1c(-c2ccccc2)cccc1-c1ccccc1. The summed E-state index contributed by atoms with van der Waals surface area (Å²) in [6.45, 7) is 0. The van der Waals surface area contributed by atoms with Crippen molar-refractivity contribution in [1.29, 1.82) is 0 Å². The molecular formula is C51H32N6OPt-2. The van der Waals surface area contributed by atoms with Gasteiger partial charge in [0.15, 0.2) is 0 Å². The number of imidazole rings is 1. The van der Waals surface area contributed by atoms with Crippen molar-refractivity contribution in [1.82, 2.24) is 28.5 Å². The van der Waals surface area contributed by atoms with Gasteiger partial charge in [-0.1, -0.05) is 12.1 Å². The zero-order valence-corrected chi connectivity index (χ0v) is 33.7. The molecule has 4 aromatic heterocycles. The van der Waals surface area contributed by atoms with E-state index in [1.54, 1.807) is 10.9 Å². The van der Waals surface area contributed by atoms with Gasteiger partial charge in [-0.3, -0.25) is 0 Å². The number of aromatic nitrogens is 6. The van der Waals surface area contributed by atoms with E-state index in [1.807, 2.05) is 54.9 Å². The van der Waals surface area contributed by atoms with Gasteiger partial charge in [0.25, 0.3) is 0 Å². The molecule has 11 aromatic rings. The number of fused-ring (bicyclic) bond motifs is 4. The number of hydrogen-bond donors (Lipinski definition) is 0. The Morgan fingerprint density at radius 1 is 0.508 bits per heavy atom. The molecule has 0 atom stereocenters. The van der Waals surface area contributed by atoms with Crippen LogP contribution in [0.15, 0.2) is 195 Å². The number of para-hydroxylation sites is 4. The summed E-state index contributed by atoms with van der Waals surface area (Å²) in [5.41, 5.74) is 11.5. The topological polar surface area (TPSA) is 54.7 Å². The molecule has 0 unspecified atom stereocenters. The van der Waals surface area contributed by atoms with Crippen LogP contribution in [0.1, 0.15) is 0 Å². The molecule has 11 rings (SSSR count). The Labute approximate surface area is 350 Å². The third-order valence-electron chi connectivity index (χ3n) is 10.6. The standard InChI is InChI=1S/C51H32N6O.Pt/c1-3-14-36(15-4-1)42-21-12-22-43(37-16-5-2-6-17-37)51(42)55-35-54(47-24-9-10-25-48(47)55)38-18-11-19-40(32-38)58-41-27-28-45-44-20-7-8-23-46(44)57(49(45)33-41)50-29-26-39(34-52-50)56-31-13-30-53-56;/h1-31,34H;/q-2;. The van der Waals surface area contributed by atoms with E-state index < -0.39 is 0 Å². The van der Waals surface area contributed by atoms with Gasteiger partial charge in [-0.25, -0.2) is 4.68 Å². The first-order valence-electron chi connectivity index (χ1n) is 19.2. The van der Waals surface area contributed by atoms with Crippen molar-refractivity contribution >= 4 is 32.8 Å². The second kappa shape index (κ2) is 14.6. The minimum atomic E-state index is 0.578. The number of ether oxygens (including phenoxy) is 1. The summed E-state index contributed by atoms with van der Waals surface area (Å²) in [4.78, 5) is 4.87. The second-order valence-electron chi connectivity index (χ2n) is 14.1. The van der Waals surface area contributed by atoms with Crippen LogP contribution in [-0.4, -0.2) is 28.5 Å². The summed E-state index contributed by atoms with van der Waals surface area (Å²) in [7, 11) is 0. The molecule has 7 nitrogen and oxygen atoms in total. The van der Waals surface area contributed by atoms with Crippen LogP contribution < -0.4 is 4.74 Å². The molecule has 0 aliphatic heterocycles. The summed E-state index contributed by atoms with van der Waals surface area (Å²) < 4.78 is 16.2. The zero-order valence-electron chi connectivity index (χ0n) is 31.4. The van der Waals surface area contributed by atoms with E-state index in [1.165, 1.54) is 0 Å². The molecule has 0 saturated heterocycles. The van der Waals surface area contributed by atoms with Crippen LogP contribution in [0.3, 0.4) is 0 Å². The van der Waals surface area contributed by atoms with Crippen LogP contribution in [0.25, 0.3) is 78.0 Å². The Morgan fingerprint density at radius 3 is 1.86 bits per heavy atom. The van der Waals surface area contributed by atoms with Crippen molar-refractivity contribution in [3.8, 4) is 56.6 Å². The van der Waals surface area contributed by atoms with Crippen LogP contribution in [-0.2, 0) is 19.4 Å². The number of rotatable bonds is 8. The molecule has 0 bridgehead atoms. The maximum atomic E-state index is 6.62. The molecule has 0 aliphatic rings. The first-order chi connectivity index (χ1) is 29.2. The van der Waals surface area contributed by atoms with Crippen LogP contribution in [0.2, 0.25) is 0 Å². The van der Waals surface area contributed by atoms with E-state index in [0.717, 1.165) is 81.8 Å². The van der Waals surface area contributed by atoms with Crippen molar-refractivity contribution in [2.75, 3.05) is 0 Å². The first kappa shape index (κ1) is 34.9. The molecule has 59 heavy (non-hydrogen) atoms. The van der Waals surface area contributed by atoms with Crippen LogP contribution in [0, 0.1) is 15.9 Å². The summed E-state index contributed by atoms with van der Waals surface area (Å²) in [6, 6.07) is 68.0. The average Bonchev–Trinajstić information content (AvgIpc) is 4.02. The van der Waals surface area contributed by atoms with Crippen molar-refractivity contribution in [2.45, 2.75) is 0 Å². The molecule has 7 aromatic carbocycles. The first-order valence-corrected chi connectivity index (χ1v) is 20.4. The van der Waals surface area contributed by atoms with Crippen molar-refractivity contribution < 1.29 is 24.1 Å². The minimum absolute atomic E-state index is 0.578. The third-order valence-corrected chi connectivity index (χ3v) is 11.7. The zero-order chi connectivity index (χ0) is 39.3. The molecule has 4 heterocycles. The molecule has 0 N–H and O–H groups in total. The van der Waals surface area contributed by atoms with E-state index in [9.17, 15) is 0 Å². The van der Waals surface area contributed by atoms with Crippen molar-refractivity contribution in [3.05, 3.63) is 210 Å². The Balaban J connectivity index is 1.03. The fourth-order valence-corrected chi connectivity index (χ4v) is 9.10. The molecule has 8 heteroatoms. The Hall–Kier alpha value is -7.34. The summed E-state index contributed by atoms with van der Waals surface area (Å²) in [5.74, 6) is 1.94. The molecule has 0 radical (unpaired) electrons. The van der Waals surface area contributed by atoms with E-state index in [4.69, 9.17) is 9.72 Å². The number of benzene rings is 7. The van der Waals surface area contributed by atoms with E-state index in [0.29, 0.717) is 11.5 Å². The normalized spacial score (nSPS) is 11.5. The molecule has 0 amide bonds. The van der Waals surface area contributed by atoms with Gasteiger partial charge in [0.2, 0.25) is 0 Å². The van der Waals surface area contributed by atoms with Gasteiger partial charge in [-0.2, -0.15) is 5.10 Å². The van der Waals surface area contributed by atoms with Gasteiger partial charge >= 0.3 is 294 Å². The summed E-state index contributed by atoms with van der Waals surface area (Å²) >= 11 is 2.46. The van der Waals surface area contributed by atoms with E-state index in [2.05, 4.69) is 184 Å². The maximum absolute atomic E-state index is 6.62. The number of hydrogen-bond acceptors (Lipinski definition) is 3. The van der Waals surface area contributed by atoms with Gasteiger partial charge in [0, 0.05) is 12.4 Å². The fourth-order valence-electron chi connectivity index (χ4n) is 8.02. The average molecular weight is 940 g/mol. The predicted octanol–water partition coefficient (Wildman–Crippen LogP) is 11.9. The van der Waals surface area contributed by atoms with Gasteiger partial charge in [-0.15, -0.1) is 0 Å². The Bertz CT molecular complexity index is 3310. The molecule has 284 valence electrons. The van der Waals surface area contributed by atoms with Gasteiger partial charge in [0.05, 0.1) is 11.9 Å². The molecular weight excluding hydrogens is 908 g/mol. The molecule has 0 spiro atoms. The van der Waals surface area contributed by atoms with Crippen LogP contribution in [0.4, 0.5) is 0 Å². The van der Waals surface area contributed by atoms with Gasteiger partial charge in [-0.05, 0) is 12.1 Å². The van der Waals surface area contributed by atoms with Gasteiger partial charge < -0.3 is 0 Å². The van der Waals surface area contributed by atoms with E-state index in [-0.39, 0.29) is 0 Å². The van der Waals surface area contributed by atoms with Crippen LogP contribution >= 0.6 is 0 Å². The quantitative estimate of drug-likeness (QED) is 0.143. The molecule has 0 saturated carbocycles. The van der Waals surface area contributed by atoms with Crippen molar-refractivity contribution in [3.63, 3.8) is 0 Å². The molecule has 0 aliphatic carbocycles. The second-order valence-corrected chi connectivity index (χ2v) is 15.1. The predicted molar refractivity (Wildman–Crippen MR) is 230 cm³/mol.